The smallest absolute Gasteiger partial charge is 0.413 e. The van der Waals surface area contributed by atoms with Crippen LogP contribution in [-0.4, -0.2) is 33.9 Å². The number of para-hydroxylation sites is 1. The molecule has 3 aromatic rings. The van der Waals surface area contributed by atoms with Crippen molar-refractivity contribution in [3.8, 4) is 11.3 Å². The molecular formula is C25H28N2O3. The summed E-state index contributed by atoms with van der Waals surface area (Å²) in [6.45, 7) is 9.82. The maximum atomic E-state index is 13.2. The van der Waals surface area contributed by atoms with E-state index in [-0.39, 0.29) is 12.1 Å². The molecule has 0 saturated carbocycles. The highest BCUT2D eigenvalue weighted by Gasteiger charge is 2.46. The molecule has 1 amide bonds. The Bertz CT molecular complexity index is 1070. The van der Waals surface area contributed by atoms with Gasteiger partial charge in [-0.15, -0.1) is 0 Å². The SMILES string of the molecule is CC(C)(C)OC(=O)N1[C@@H](c2cc(-c3ccccc3)nc3ccccc23)COC1(C)C. The van der Waals surface area contributed by atoms with Crippen molar-refractivity contribution in [2.45, 2.75) is 52.0 Å². The fraction of sp³-hybridized carbons (Fsp3) is 0.360. The average molecular weight is 405 g/mol. The van der Waals surface area contributed by atoms with Gasteiger partial charge >= 0.3 is 6.09 Å². The summed E-state index contributed by atoms with van der Waals surface area (Å²) in [5.74, 6) is 0. The summed E-state index contributed by atoms with van der Waals surface area (Å²) in [6, 6.07) is 19.9. The average Bonchev–Trinajstić information content (AvgIpc) is 3.01. The standard InChI is InChI=1S/C25H28N2O3/c1-24(2,3)30-23(28)27-22(16-29-25(27,4)5)19-15-21(17-11-7-6-8-12-17)26-20-14-10-9-13-18(19)20/h6-15,22H,16H2,1-5H3/t22-/m1/s1. The topological polar surface area (TPSA) is 51.7 Å². The summed E-state index contributed by atoms with van der Waals surface area (Å²) >= 11 is 0. The highest BCUT2D eigenvalue weighted by Crippen LogP contribution is 2.41. The predicted molar refractivity (Wildman–Crippen MR) is 118 cm³/mol. The van der Waals surface area contributed by atoms with E-state index in [1.165, 1.54) is 0 Å². The second-order valence-corrected chi connectivity index (χ2v) is 9.10. The third-order valence-electron chi connectivity index (χ3n) is 5.25. The monoisotopic (exact) mass is 404 g/mol. The summed E-state index contributed by atoms with van der Waals surface area (Å²) < 4.78 is 11.8. The lowest BCUT2D eigenvalue weighted by atomic mass is 9.98. The molecule has 1 aliphatic heterocycles. The summed E-state index contributed by atoms with van der Waals surface area (Å²) in [7, 11) is 0. The van der Waals surface area contributed by atoms with Gasteiger partial charge in [-0.05, 0) is 52.3 Å². The zero-order valence-electron chi connectivity index (χ0n) is 18.2. The number of fused-ring (bicyclic) bond motifs is 1. The second kappa shape index (κ2) is 7.40. The lowest BCUT2D eigenvalue weighted by molar-refractivity contribution is -0.0625. The van der Waals surface area contributed by atoms with E-state index < -0.39 is 11.3 Å². The number of rotatable bonds is 2. The minimum absolute atomic E-state index is 0.273. The number of carbonyl (C=O) groups excluding carboxylic acids is 1. The van der Waals surface area contributed by atoms with Crippen LogP contribution in [0.25, 0.3) is 22.2 Å². The lowest BCUT2D eigenvalue weighted by Gasteiger charge is -2.35. The van der Waals surface area contributed by atoms with Crippen molar-refractivity contribution >= 4 is 17.0 Å². The molecular weight excluding hydrogens is 376 g/mol. The molecule has 5 heteroatoms. The first kappa shape index (κ1) is 20.4. The van der Waals surface area contributed by atoms with E-state index in [1.54, 1.807) is 4.90 Å². The Morgan fingerprint density at radius 3 is 2.47 bits per heavy atom. The van der Waals surface area contributed by atoms with Gasteiger partial charge in [-0.3, -0.25) is 4.90 Å². The van der Waals surface area contributed by atoms with Gasteiger partial charge in [-0.1, -0.05) is 48.5 Å². The van der Waals surface area contributed by atoms with Crippen molar-refractivity contribution in [2.75, 3.05) is 6.61 Å². The Hall–Kier alpha value is -2.92. The van der Waals surface area contributed by atoms with E-state index in [2.05, 4.69) is 6.07 Å². The van der Waals surface area contributed by atoms with Crippen LogP contribution in [0.2, 0.25) is 0 Å². The lowest BCUT2D eigenvalue weighted by Crippen LogP contribution is -2.47. The van der Waals surface area contributed by atoms with Gasteiger partial charge in [0.1, 0.15) is 11.3 Å². The minimum atomic E-state index is -0.774. The molecule has 5 nitrogen and oxygen atoms in total. The number of hydrogen-bond donors (Lipinski definition) is 0. The van der Waals surface area contributed by atoms with Crippen molar-refractivity contribution < 1.29 is 14.3 Å². The number of carbonyl (C=O) groups is 1. The molecule has 0 unspecified atom stereocenters. The van der Waals surface area contributed by atoms with Crippen LogP contribution in [0.4, 0.5) is 4.79 Å². The quantitative estimate of drug-likeness (QED) is 0.530. The van der Waals surface area contributed by atoms with Crippen molar-refractivity contribution in [2.24, 2.45) is 0 Å². The van der Waals surface area contributed by atoms with Gasteiger partial charge in [-0.2, -0.15) is 0 Å². The molecule has 0 aliphatic carbocycles. The first-order chi connectivity index (χ1) is 14.2. The molecule has 0 spiro atoms. The second-order valence-electron chi connectivity index (χ2n) is 9.10. The molecule has 4 rings (SSSR count). The van der Waals surface area contributed by atoms with Gasteiger partial charge in [0.25, 0.3) is 0 Å². The number of ether oxygens (including phenoxy) is 2. The van der Waals surface area contributed by atoms with Crippen LogP contribution in [-0.2, 0) is 9.47 Å². The van der Waals surface area contributed by atoms with Crippen molar-refractivity contribution in [1.29, 1.82) is 0 Å². The molecule has 1 aliphatic rings. The number of hydrogen-bond acceptors (Lipinski definition) is 4. The number of benzene rings is 2. The van der Waals surface area contributed by atoms with Crippen LogP contribution in [0.15, 0.2) is 60.7 Å². The molecule has 30 heavy (non-hydrogen) atoms. The summed E-state index contributed by atoms with van der Waals surface area (Å²) in [5.41, 5.74) is 2.45. The normalized spacial score (nSPS) is 18.6. The van der Waals surface area contributed by atoms with E-state index in [0.29, 0.717) is 6.61 Å². The van der Waals surface area contributed by atoms with Crippen LogP contribution >= 0.6 is 0 Å². The Balaban J connectivity index is 1.85. The Labute approximate surface area is 177 Å². The van der Waals surface area contributed by atoms with Crippen LogP contribution in [0.1, 0.15) is 46.2 Å². The molecule has 0 N–H and O–H groups in total. The van der Waals surface area contributed by atoms with Crippen LogP contribution in [0.5, 0.6) is 0 Å². The van der Waals surface area contributed by atoms with E-state index >= 15 is 0 Å². The molecule has 1 fully saturated rings. The van der Waals surface area contributed by atoms with Crippen LogP contribution in [0, 0.1) is 0 Å². The Morgan fingerprint density at radius 1 is 1.10 bits per heavy atom. The molecule has 0 bridgehead atoms. The first-order valence-corrected chi connectivity index (χ1v) is 10.3. The number of amides is 1. The van der Waals surface area contributed by atoms with Gasteiger partial charge in [-0.25, -0.2) is 9.78 Å². The van der Waals surface area contributed by atoms with Crippen LogP contribution < -0.4 is 0 Å². The molecule has 1 atom stereocenters. The summed E-state index contributed by atoms with van der Waals surface area (Å²) in [4.78, 5) is 19.7. The molecule has 0 radical (unpaired) electrons. The molecule has 1 aromatic heterocycles. The Kier molecular flexibility index (Phi) is 5.02. The number of aromatic nitrogens is 1. The maximum absolute atomic E-state index is 13.2. The highest BCUT2D eigenvalue weighted by atomic mass is 16.6. The third kappa shape index (κ3) is 3.90. The summed E-state index contributed by atoms with van der Waals surface area (Å²) in [6.07, 6.45) is -0.378. The predicted octanol–water partition coefficient (Wildman–Crippen LogP) is 5.95. The first-order valence-electron chi connectivity index (χ1n) is 10.3. The van der Waals surface area contributed by atoms with E-state index in [9.17, 15) is 4.79 Å². The maximum Gasteiger partial charge on any atom is 0.413 e. The Morgan fingerprint density at radius 2 is 1.77 bits per heavy atom. The van der Waals surface area contributed by atoms with E-state index in [0.717, 1.165) is 27.7 Å². The van der Waals surface area contributed by atoms with Gasteiger partial charge in [0.05, 0.1) is 23.9 Å². The third-order valence-corrected chi connectivity index (χ3v) is 5.25. The molecule has 2 aromatic carbocycles. The van der Waals surface area contributed by atoms with Crippen molar-refractivity contribution in [3.63, 3.8) is 0 Å². The van der Waals surface area contributed by atoms with E-state index in [4.69, 9.17) is 14.5 Å². The fourth-order valence-electron chi connectivity index (χ4n) is 3.92. The fourth-order valence-corrected chi connectivity index (χ4v) is 3.92. The highest BCUT2D eigenvalue weighted by molar-refractivity contribution is 5.86. The minimum Gasteiger partial charge on any atom is -0.444 e. The number of pyridine rings is 1. The van der Waals surface area contributed by atoms with Crippen LogP contribution in [0.3, 0.4) is 0 Å². The van der Waals surface area contributed by atoms with Gasteiger partial charge in [0, 0.05) is 10.9 Å². The van der Waals surface area contributed by atoms with Gasteiger partial charge in [0.2, 0.25) is 0 Å². The summed E-state index contributed by atoms with van der Waals surface area (Å²) in [5, 5.41) is 1.01. The zero-order chi connectivity index (χ0) is 21.5. The van der Waals surface area contributed by atoms with Crippen molar-refractivity contribution in [3.05, 3.63) is 66.2 Å². The van der Waals surface area contributed by atoms with Gasteiger partial charge < -0.3 is 9.47 Å². The molecule has 1 saturated heterocycles. The van der Waals surface area contributed by atoms with Gasteiger partial charge in [0.15, 0.2) is 0 Å². The van der Waals surface area contributed by atoms with Crippen molar-refractivity contribution in [1.82, 2.24) is 9.88 Å². The zero-order valence-corrected chi connectivity index (χ0v) is 18.2. The largest absolute Gasteiger partial charge is 0.444 e. The number of nitrogens with zero attached hydrogens (tertiary/aromatic N) is 2. The van der Waals surface area contributed by atoms with E-state index in [1.807, 2.05) is 89.2 Å². The molecule has 2 heterocycles. The molecule has 156 valence electrons.